The molecule has 0 radical (unpaired) electrons. The molecule has 1 aliphatic rings. The fraction of sp³-hybridized carbons (Fsp3) is 0.381. The number of fused-ring (bicyclic) bond motifs is 1. The highest BCUT2D eigenvalue weighted by Crippen LogP contribution is 2.34. The average molecular weight is 354 g/mol. The molecule has 2 aromatic carbocycles. The quantitative estimate of drug-likeness (QED) is 0.824. The molecule has 2 atom stereocenters. The summed E-state index contributed by atoms with van der Waals surface area (Å²) in [5.41, 5.74) is 2.00. The standard InChI is InChI=1S/C21H26N2O3/c1-4-23(5-2)20(16-9-7-6-8-10-16)21(24)22-15(3)17-11-12-18-19(13-17)26-14-25-18/h6-13,15,20H,4-5,14H2,1-3H3,(H,22,24). The maximum Gasteiger partial charge on any atom is 0.242 e. The monoisotopic (exact) mass is 354 g/mol. The number of nitrogens with one attached hydrogen (secondary N) is 1. The zero-order valence-corrected chi connectivity index (χ0v) is 15.6. The van der Waals surface area contributed by atoms with Gasteiger partial charge < -0.3 is 14.8 Å². The van der Waals surface area contributed by atoms with Crippen LogP contribution in [0, 0.1) is 0 Å². The summed E-state index contributed by atoms with van der Waals surface area (Å²) in [4.78, 5) is 15.3. The number of likely N-dealkylation sites (N-methyl/N-ethyl adjacent to an activating group) is 1. The summed E-state index contributed by atoms with van der Waals surface area (Å²) in [6, 6.07) is 15.3. The van der Waals surface area contributed by atoms with Crippen LogP contribution in [-0.4, -0.2) is 30.7 Å². The molecule has 0 saturated carbocycles. The van der Waals surface area contributed by atoms with E-state index in [0.29, 0.717) is 0 Å². The van der Waals surface area contributed by atoms with Gasteiger partial charge in [-0.05, 0) is 43.3 Å². The van der Waals surface area contributed by atoms with Crippen molar-refractivity contribution in [3.8, 4) is 11.5 Å². The van der Waals surface area contributed by atoms with Crippen LogP contribution in [0.5, 0.6) is 11.5 Å². The van der Waals surface area contributed by atoms with Crippen molar-refractivity contribution in [3.63, 3.8) is 0 Å². The van der Waals surface area contributed by atoms with Crippen LogP contribution < -0.4 is 14.8 Å². The van der Waals surface area contributed by atoms with Gasteiger partial charge in [0.05, 0.1) is 6.04 Å². The topological polar surface area (TPSA) is 50.8 Å². The third kappa shape index (κ3) is 3.83. The minimum atomic E-state index is -0.303. The molecule has 0 bridgehead atoms. The maximum absolute atomic E-state index is 13.1. The summed E-state index contributed by atoms with van der Waals surface area (Å²) in [5, 5.41) is 3.16. The Kier molecular flexibility index (Phi) is 5.78. The number of amides is 1. The van der Waals surface area contributed by atoms with E-state index in [9.17, 15) is 4.79 Å². The van der Waals surface area contributed by atoms with Gasteiger partial charge in [-0.2, -0.15) is 0 Å². The van der Waals surface area contributed by atoms with Crippen molar-refractivity contribution in [1.82, 2.24) is 10.2 Å². The number of carbonyl (C=O) groups is 1. The summed E-state index contributed by atoms with van der Waals surface area (Å²) < 4.78 is 10.8. The molecule has 2 aromatic rings. The van der Waals surface area contributed by atoms with E-state index in [1.807, 2.05) is 55.5 Å². The molecule has 1 N–H and O–H groups in total. The number of rotatable bonds is 7. The second-order valence-corrected chi connectivity index (χ2v) is 6.38. The van der Waals surface area contributed by atoms with E-state index < -0.39 is 0 Å². The molecule has 5 heteroatoms. The van der Waals surface area contributed by atoms with Gasteiger partial charge in [-0.25, -0.2) is 0 Å². The zero-order chi connectivity index (χ0) is 18.5. The summed E-state index contributed by atoms with van der Waals surface area (Å²) >= 11 is 0. The summed E-state index contributed by atoms with van der Waals surface area (Å²) in [6.07, 6.45) is 0. The second-order valence-electron chi connectivity index (χ2n) is 6.38. The molecule has 0 spiro atoms. The van der Waals surface area contributed by atoms with Gasteiger partial charge in [-0.15, -0.1) is 0 Å². The normalized spacial score (nSPS) is 14.9. The molecule has 2 unspecified atom stereocenters. The fourth-order valence-electron chi connectivity index (χ4n) is 3.31. The largest absolute Gasteiger partial charge is 0.454 e. The van der Waals surface area contributed by atoms with E-state index in [1.165, 1.54) is 0 Å². The van der Waals surface area contributed by atoms with Gasteiger partial charge in [0.25, 0.3) is 0 Å². The molecule has 0 aliphatic carbocycles. The van der Waals surface area contributed by atoms with Gasteiger partial charge in [0, 0.05) is 0 Å². The number of ether oxygens (including phenoxy) is 2. The first-order valence-electron chi connectivity index (χ1n) is 9.13. The Balaban J connectivity index is 1.78. The molecular formula is C21H26N2O3. The SMILES string of the molecule is CCN(CC)C(C(=O)NC(C)c1ccc2c(c1)OCO2)c1ccccc1. The zero-order valence-electron chi connectivity index (χ0n) is 15.6. The van der Waals surface area contributed by atoms with Crippen LogP contribution in [0.2, 0.25) is 0 Å². The predicted molar refractivity (Wildman–Crippen MR) is 101 cm³/mol. The highest BCUT2D eigenvalue weighted by Gasteiger charge is 2.27. The van der Waals surface area contributed by atoms with Crippen LogP contribution >= 0.6 is 0 Å². The lowest BCUT2D eigenvalue weighted by Gasteiger charge is -2.30. The Hall–Kier alpha value is -2.53. The summed E-state index contributed by atoms with van der Waals surface area (Å²) in [5.74, 6) is 1.48. The Morgan fingerprint density at radius 3 is 2.42 bits per heavy atom. The number of benzene rings is 2. The van der Waals surface area contributed by atoms with Crippen molar-refractivity contribution >= 4 is 5.91 Å². The molecule has 138 valence electrons. The van der Waals surface area contributed by atoms with E-state index in [4.69, 9.17) is 9.47 Å². The molecule has 5 nitrogen and oxygen atoms in total. The second kappa shape index (κ2) is 8.23. The van der Waals surface area contributed by atoms with Gasteiger partial charge in [-0.1, -0.05) is 50.2 Å². The van der Waals surface area contributed by atoms with Crippen LogP contribution in [0.25, 0.3) is 0 Å². The van der Waals surface area contributed by atoms with Crippen molar-refractivity contribution in [2.75, 3.05) is 19.9 Å². The molecule has 1 amide bonds. The maximum atomic E-state index is 13.1. The Bertz CT molecular complexity index is 744. The smallest absolute Gasteiger partial charge is 0.242 e. The first-order valence-corrected chi connectivity index (χ1v) is 9.13. The first-order chi connectivity index (χ1) is 12.6. The highest BCUT2D eigenvalue weighted by atomic mass is 16.7. The van der Waals surface area contributed by atoms with Crippen molar-refractivity contribution in [2.24, 2.45) is 0 Å². The third-order valence-electron chi connectivity index (χ3n) is 4.80. The Morgan fingerprint density at radius 2 is 1.73 bits per heavy atom. The fourth-order valence-corrected chi connectivity index (χ4v) is 3.31. The Labute approximate surface area is 154 Å². The molecule has 0 saturated heterocycles. The van der Waals surface area contributed by atoms with Crippen molar-refractivity contribution in [2.45, 2.75) is 32.9 Å². The van der Waals surface area contributed by atoms with Crippen LogP contribution in [0.1, 0.15) is 44.0 Å². The van der Waals surface area contributed by atoms with E-state index in [2.05, 4.69) is 24.1 Å². The van der Waals surface area contributed by atoms with E-state index in [-0.39, 0.29) is 24.8 Å². The molecule has 0 aromatic heterocycles. The van der Waals surface area contributed by atoms with Gasteiger partial charge >= 0.3 is 0 Å². The molecule has 0 fully saturated rings. The van der Waals surface area contributed by atoms with Crippen molar-refractivity contribution in [1.29, 1.82) is 0 Å². The molecule has 26 heavy (non-hydrogen) atoms. The molecule has 1 heterocycles. The average Bonchev–Trinajstić information content (AvgIpc) is 3.14. The minimum absolute atomic E-state index is 0.00469. The number of hydrogen-bond donors (Lipinski definition) is 1. The summed E-state index contributed by atoms with van der Waals surface area (Å²) in [6.45, 7) is 8.00. The lowest BCUT2D eigenvalue weighted by atomic mass is 10.0. The molecular weight excluding hydrogens is 328 g/mol. The molecule has 1 aliphatic heterocycles. The number of nitrogens with zero attached hydrogens (tertiary/aromatic N) is 1. The van der Waals surface area contributed by atoms with Crippen LogP contribution in [0.4, 0.5) is 0 Å². The van der Waals surface area contributed by atoms with Crippen molar-refractivity contribution in [3.05, 3.63) is 59.7 Å². The van der Waals surface area contributed by atoms with Gasteiger partial charge in [0.2, 0.25) is 12.7 Å². The van der Waals surface area contributed by atoms with E-state index in [0.717, 1.165) is 35.7 Å². The summed E-state index contributed by atoms with van der Waals surface area (Å²) in [7, 11) is 0. The number of carbonyl (C=O) groups excluding carboxylic acids is 1. The third-order valence-corrected chi connectivity index (χ3v) is 4.80. The molecule has 3 rings (SSSR count). The minimum Gasteiger partial charge on any atom is -0.454 e. The van der Waals surface area contributed by atoms with Gasteiger partial charge in [0.1, 0.15) is 6.04 Å². The van der Waals surface area contributed by atoms with Crippen molar-refractivity contribution < 1.29 is 14.3 Å². The first kappa shape index (κ1) is 18.3. The van der Waals surface area contributed by atoms with Crippen LogP contribution in [0.15, 0.2) is 48.5 Å². The van der Waals surface area contributed by atoms with Crippen LogP contribution in [0.3, 0.4) is 0 Å². The predicted octanol–water partition coefficient (Wildman–Crippen LogP) is 3.68. The van der Waals surface area contributed by atoms with Crippen LogP contribution in [-0.2, 0) is 4.79 Å². The lowest BCUT2D eigenvalue weighted by molar-refractivity contribution is -0.127. The highest BCUT2D eigenvalue weighted by molar-refractivity contribution is 5.83. The van der Waals surface area contributed by atoms with E-state index in [1.54, 1.807) is 0 Å². The van der Waals surface area contributed by atoms with E-state index >= 15 is 0 Å². The Morgan fingerprint density at radius 1 is 1.04 bits per heavy atom. The van der Waals surface area contributed by atoms with Gasteiger partial charge in [-0.3, -0.25) is 9.69 Å². The lowest BCUT2D eigenvalue weighted by Crippen LogP contribution is -2.41. The van der Waals surface area contributed by atoms with Gasteiger partial charge in [0.15, 0.2) is 11.5 Å². The number of hydrogen-bond acceptors (Lipinski definition) is 4.